The zero-order chi connectivity index (χ0) is 6.27. The molecule has 2 heterocycles. The van der Waals surface area contributed by atoms with Gasteiger partial charge in [-0.1, -0.05) is 0 Å². The van der Waals surface area contributed by atoms with Gasteiger partial charge in [0.2, 0.25) is 0 Å². The fourth-order valence-corrected chi connectivity index (χ4v) is 0.862. The molecule has 0 saturated heterocycles. The highest BCUT2D eigenvalue weighted by Gasteiger charge is 2.03. The van der Waals surface area contributed by atoms with Gasteiger partial charge in [-0.15, -0.1) is 0 Å². The Kier molecular flexibility index (Phi) is 0.726. The van der Waals surface area contributed by atoms with Gasteiger partial charge in [-0.25, -0.2) is 15.0 Å². The number of rotatable bonds is 0. The first-order valence-electron chi connectivity index (χ1n) is 2.81. The lowest BCUT2D eigenvalue weighted by Crippen LogP contribution is -2.20. The van der Waals surface area contributed by atoms with Crippen LogP contribution in [0.2, 0.25) is 0 Å². The summed E-state index contributed by atoms with van der Waals surface area (Å²) in [5, 5.41) is 0. The molecule has 1 unspecified atom stereocenters. The fraction of sp³-hybridized carbons (Fsp3) is 0.400. The molecule has 0 aliphatic carbocycles. The average molecular weight is 122 g/mol. The van der Waals surface area contributed by atoms with Gasteiger partial charge in [0.05, 0.1) is 6.33 Å². The number of aromatic amines is 1. The molecule has 0 spiro atoms. The van der Waals surface area contributed by atoms with E-state index in [1.54, 1.807) is 6.33 Å². The quantitative estimate of drug-likeness (QED) is 0.472. The highest BCUT2D eigenvalue weighted by Crippen LogP contribution is 1.88. The standard InChI is InChI=1S/C5H6N4/c1-3-8-4-5(9-3)7-2-6-4/h2-3H,1H3,(H,6,7,8,9). The van der Waals surface area contributed by atoms with Crippen molar-refractivity contribution in [3.63, 3.8) is 0 Å². The fourth-order valence-electron chi connectivity index (χ4n) is 0.862. The average Bonchev–Trinajstić information content (AvgIpc) is 2.22. The maximum absolute atomic E-state index is 4.13. The second-order valence-electron chi connectivity index (χ2n) is 1.96. The number of hydrogen-bond acceptors (Lipinski definition) is 3. The highest BCUT2D eigenvalue weighted by molar-refractivity contribution is 4.80. The molecule has 0 radical (unpaired) electrons. The summed E-state index contributed by atoms with van der Waals surface area (Å²) in [5.74, 6) is 0. The molecule has 1 aliphatic heterocycles. The lowest BCUT2D eigenvalue weighted by Gasteiger charge is -1.85. The molecule has 0 aromatic carbocycles. The summed E-state index contributed by atoms with van der Waals surface area (Å²) in [6.45, 7) is 1.93. The minimum Gasteiger partial charge on any atom is -0.328 e. The second kappa shape index (κ2) is 1.40. The molecular formula is C5H6N4. The van der Waals surface area contributed by atoms with Gasteiger partial charge in [-0.3, -0.25) is 0 Å². The van der Waals surface area contributed by atoms with Gasteiger partial charge >= 0.3 is 0 Å². The van der Waals surface area contributed by atoms with E-state index in [0.717, 1.165) is 11.0 Å². The Morgan fingerprint density at radius 3 is 3.22 bits per heavy atom. The van der Waals surface area contributed by atoms with Crippen molar-refractivity contribution in [3.05, 3.63) is 17.3 Å². The molecule has 1 atom stereocenters. The Labute approximate surface area is 51.4 Å². The van der Waals surface area contributed by atoms with Crippen molar-refractivity contribution in [1.29, 1.82) is 0 Å². The summed E-state index contributed by atoms with van der Waals surface area (Å²) in [6, 6.07) is 0. The molecule has 9 heavy (non-hydrogen) atoms. The lowest BCUT2D eigenvalue weighted by atomic mass is 10.6. The first-order valence-corrected chi connectivity index (χ1v) is 2.81. The number of nitrogens with one attached hydrogen (secondary N) is 1. The van der Waals surface area contributed by atoms with Gasteiger partial charge in [0.25, 0.3) is 0 Å². The van der Waals surface area contributed by atoms with Crippen molar-refractivity contribution < 1.29 is 0 Å². The van der Waals surface area contributed by atoms with E-state index in [-0.39, 0.29) is 6.17 Å². The second-order valence-corrected chi connectivity index (χ2v) is 1.96. The third kappa shape index (κ3) is 0.558. The summed E-state index contributed by atoms with van der Waals surface area (Å²) in [7, 11) is 0. The molecule has 1 aliphatic rings. The van der Waals surface area contributed by atoms with E-state index in [4.69, 9.17) is 0 Å². The van der Waals surface area contributed by atoms with Crippen molar-refractivity contribution in [2.24, 2.45) is 9.98 Å². The van der Waals surface area contributed by atoms with E-state index >= 15 is 0 Å². The molecule has 0 amide bonds. The molecule has 1 N–H and O–H groups in total. The number of fused-ring (bicyclic) bond motifs is 1. The lowest BCUT2D eigenvalue weighted by molar-refractivity contribution is 0.775. The smallest absolute Gasteiger partial charge is 0.194 e. The van der Waals surface area contributed by atoms with E-state index in [1.165, 1.54) is 0 Å². The molecular weight excluding hydrogens is 116 g/mol. The summed E-state index contributed by atoms with van der Waals surface area (Å²) in [5.41, 5.74) is 1.55. The zero-order valence-electron chi connectivity index (χ0n) is 5.00. The Morgan fingerprint density at radius 1 is 1.56 bits per heavy atom. The predicted molar refractivity (Wildman–Crippen MR) is 30.4 cm³/mol. The Morgan fingerprint density at radius 2 is 2.44 bits per heavy atom. The van der Waals surface area contributed by atoms with Crippen LogP contribution >= 0.6 is 0 Å². The highest BCUT2D eigenvalue weighted by atomic mass is 15.1. The first kappa shape index (κ1) is 4.67. The third-order valence-electron chi connectivity index (χ3n) is 1.22. The number of imidazole rings is 1. The van der Waals surface area contributed by atoms with Gasteiger partial charge in [-0.05, 0) is 6.92 Å². The molecule has 1 aromatic rings. The Balaban J connectivity index is 2.85. The van der Waals surface area contributed by atoms with Crippen molar-refractivity contribution in [3.8, 4) is 0 Å². The van der Waals surface area contributed by atoms with Crippen molar-refractivity contribution in [1.82, 2.24) is 9.97 Å². The Bertz CT molecular complexity index is 292. The maximum atomic E-state index is 4.13. The van der Waals surface area contributed by atoms with Crippen LogP contribution in [-0.2, 0) is 0 Å². The largest absolute Gasteiger partial charge is 0.328 e. The van der Waals surface area contributed by atoms with E-state index in [1.807, 2.05) is 6.92 Å². The number of aromatic nitrogens is 2. The third-order valence-corrected chi connectivity index (χ3v) is 1.22. The molecule has 0 saturated carbocycles. The maximum Gasteiger partial charge on any atom is 0.194 e. The van der Waals surface area contributed by atoms with Crippen LogP contribution < -0.4 is 11.0 Å². The molecule has 1 aromatic heterocycles. The van der Waals surface area contributed by atoms with Crippen LogP contribution in [-0.4, -0.2) is 16.1 Å². The van der Waals surface area contributed by atoms with E-state index in [9.17, 15) is 0 Å². The van der Waals surface area contributed by atoms with Crippen molar-refractivity contribution >= 4 is 0 Å². The minimum absolute atomic E-state index is 0.0555. The topological polar surface area (TPSA) is 53.4 Å². The van der Waals surface area contributed by atoms with Crippen molar-refractivity contribution in [2.45, 2.75) is 13.1 Å². The number of hydrogen-bond donors (Lipinski definition) is 1. The van der Waals surface area contributed by atoms with E-state index in [2.05, 4.69) is 20.0 Å². The number of nitrogens with zero attached hydrogens (tertiary/aromatic N) is 3. The number of H-pyrrole nitrogens is 1. The zero-order valence-corrected chi connectivity index (χ0v) is 5.00. The Hall–Kier alpha value is -1.19. The molecule has 46 valence electrons. The summed E-state index contributed by atoms with van der Waals surface area (Å²) in [6.07, 6.45) is 1.66. The molecule has 4 heteroatoms. The predicted octanol–water partition coefficient (Wildman–Crippen LogP) is -0.991. The minimum atomic E-state index is 0.0555. The SMILES string of the molecule is CC1N=c2nc[nH]c2=N1. The van der Waals surface area contributed by atoms with Crippen LogP contribution in [0.15, 0.2) is 16.3 Å². The van der Waals surface area contributed by atoms with Crippen LogP contribution in [0.25, 0.3) is 0 Å². The molecule has 0 fully saturated rings. The van der Waals surface area contributed by atoms with Gasteiger partial charge in [-0.2, -0.15) is 0 Å². The van der Waals surface area contributed by atoms with Gasteiger partial charge in [0.1, 0.15) is 6.17 Å². The molecule has 2 rings (SSSR count). The molecule has 4 nitrogen and oxygen atoms in total. The van der Waals surface area contributed by atoms with Crippen LogP contribution in [0, 0.1) is 0 Å². The first-order chi connectivity index (χ1) is 4.36. The van der Waals surface area contributed by atoms with Crippen molar-refractivity contribution in [2.75, 3.05) is 0 Å². The van der Waals surface area contributed by atoms with Crippen LogP contribution in [0.5, 0.6) is 0 Å². The van der Waals surface area contributed by atoms with E-state index < -0.39 is 0 Å². The van der Waals surface area contributed by atoms with Gasteiger partial charge < -0.3 is 4.98 Å². The van der Waals surface area contributed by atoms with E-state index in [0.29, 0.717) is 0 Å². The monoisotopic (exact) mass is 122 g/mol. The summed E-state index contributed by atoms with van der Waals surface area (Å²) in [4.78, 5) is 15.0. The van der Waals surface area contributed by atoms with Crippen LogP contribution in [0.3, 0.4) is 0 Å². The normalized spacial score (nSPS) is 16.6. The van der Waals surface area contributed by atoms with Gasteiger partial charge in [0.15, 0.2) is 11.0 Å². The summed E-state index contributed by atoms with van der Waals surface area (Å²) >= 11 is 0. The van der Waals surface area contributed by atoms with Crippen LogP contribution in [0.1, 0.15) is 6.92 Å². The molecule has 0 bridgehead atoms. The van der Waals surface area contributed by atoms with Gasteiger partial charge in [0, 0.05) is 0 Å². The summed E-state index contributed by atoms with van der Waals surface area (Å²) < 4.78 is 0. The van der Waals surface area contributed by atoms with Crippen LogP contribution in [0.4, 0.5) is 0 Å².